The molecule has 1 unspecified atom stereocenters. The van der Waals surface area contributed by atoms with Crippen molar-refractivity contribution in [3.8, 4) is 0 Å². The maximum Gasteiger partial charge on any atom is 0.262 e. The summed E-state index contributed by atoms with van der Waals surface area (Å²) in [5.41, 5.74) is -0.0223. The lowest BCUT2D eigenvalue weighted by atomic mass is 10.1. The Morgan fingerprint density at radius 2 is 1.75 bits per heavy atom. The van der Waals surface area contributed by atoms with E-state index in [9.17, 15) is 13.2 Å². The maximum absolute atomic E-state index is 12.1. The third kappa shape index (κ3) is 4.25. The molecule has 112 valence electrons. The molecule has 0 aliphatic heterocycles. The first-order valence-corrected chi connectivity index (χ1v) is 8.85. The Kier molecular flexibility index (Phi) is 5.72. The standard InChI is InChI=1S/C12H14Cl3NO3S/c1-6(2)7(3)16-12(17)9-4-8(13)5-10(11(9)14)20(15,18)19/h4-7H,1-3H3,(H,16,17). The summed E-state index contributed by atoms with van der Waals surface area (Å²) in [6.07, 6.45) is 0. The number of benzene rings is 1. The molecule has 1 rings (SSSR count). The van der Waals surface area contributed by atoms with E-state index in [-0.39, 0.29) is 32.5 Å². The van der Waals surface area contributed by atoms with E-state index >= 15 is 0 Å². The van der Waals surface area contributed by atoms with Crippen LogP contribution in [0, 0.1) is 5.92 Å². The van der Waals surface area contributed by atoms with E-state index in [0.29, 0.717) is 0 Å². The highest BCUT2D eigenvalue weighted by Crippen LogP contribution is 2.31. The maximum atomic E-state index is 12.1. The highest BCUT2D eigenvalue weighted by molar-refractivity contribution is 8.13. The van der Waals surface area contributed by atoms with Gasteiger partial charge in [-0.2, -0.15) is 0 Å². The molecule has 0 fully saturated rings. The lowest BCUT2D eigenvalue weighted by Gasteiger charge is -2.18. The van der Waals surface area contributed by atoms with Gasteiger partial charge in [-0.25, -0.2) is 8.42 Å². The summed E-state index contributed by atoms with van der Waals surface area (Å²) in [5.74, 6) is -0.284. The summed E-state index contributed by atoms with van der Waals surface area (Å²) in [7, 11) is 1.19. The first kappa shape index (κ1) is 17.6. The summed E-state index contributed by atoms with van der Waals surface area (Å²) < 4.78 is 22.8. The summed E-state index contributed by atoms with van der Waals surface area (Å²) in [5, 5.41) is 2.55. The molecule has 0 radical (unpaired) electrons. The van der Waals surface area contributed by atoms with Crippen molar-refractivity contribution in [3.05, 3.63) is 27.7 Å². The number of hydrogen-bond donors (Lipinski definition) is 1. The molecule has 1 aromatic carbocycles. The zero-order valence-electron chi connectivity index (χ0n) is 11.1. The summed E-state index contributed by atoms with van der Waals surface area (Å²) >= 11 is 11.7. The SMILES string of the molecule is CC(C)C(C)NC(=O)c1cc(Cl)cc(S(=O)(=O)Cl)c1Cl. The first-order chi connectivity index (χ1) is 9.04. The van der Waals surface area contributed by atoms with Gasteiger partial charge in [0.2, 0.25) is 0 Å². The Bertz CT molecular complexity index is 629. The topological polar surface area (TPSA) is 63.2 Å². The lowest BCUT2D eigenvalue weighted by Crippen LogP contribution is -2.36. The predicted octanol–water partition coefficient (Wildman–Crippen LogP) is 3.70. The van der Waals surface area contributed by atoms with Gasteiger partial charge < -0.3 is 5.32 Å². The molecule has 4 nitrogen and oxygen atoms in total. The van der Waals surface area contributed by atoms with Crippen LogP contribution in [0.3, 0.4) is 0 Å². The Labute approximate surface area is 132 Å². The molecule has 1 amide bonds. The van der Waals surface area contributed by atoms with Crippen molar-refractivity contribution < 1.29 is 13.2 Å². The number of rotatable bonds is 4. The fourth-order valence-electron chi connectivity index (χ4n) is 1.36. The van der Waals surface area contributed by atoms with E-state index in [2.05, 4.69) is 5.32 Å². The quantitative estimate of drug-likeness (QED) is 0.835. The van der Waals surface area contributed by atoms with Crippen LogP contribution in [-0.2, 0) is 9.05 Å². The number of hydrogen-bond acceptors (Lipinski definition) is 3. The van der Waals surface area contributed by atoms with Gasteiger partial charge >= 0.3 is 0 Å². The summed E-state index contributed by atoms with van der Waals surface area (Å²) in [4.78, 5) is 11.7. The zero-order chi connectivity index (χ0) is 15.7. The van der Waals surface area contributed by atoms with Crippen LogP contribution in [0.25, 0.3) is 0 Å². The van der Waals surface area contributed by atoms with Crippen LogP contribution in [0.5, 0.6) is 0 Å². The molecule has 1 N–H and O–H groups in total. The van der Waals surface area contributed by atoms with Crippen molar-refractivity contribution in [2.75, 3.05) is 0 Å². The van der Waals surface area contributed by atoms with Crippen LogP contribution >= 0.6 is 33.9 Å². The van der Waals surface area contributed by atoms with E-state index in [1.165, 1.54) is 6.07 Å². The largest absolute Gasteiger partial charge is 0.349 e. The average molecular weight is 359 g/mol. The van der Waals surface area contributed by atoms with E-state index in [0.717, 1.165) is 6.07 Å². The van der Waals surface area contributed by atoms with Gasteiger partial charge in [0.25, 0.3) is 15.0 Å². The third-order valence-electron chi connectivity index (χ3n) is 2.87. The van der Waals surface area contributed by atoms with Crippen molar-refractivity contribution in [3.63, 3.8) is 0 Å². The van der Waals surface area contributed by atoms with Crippen LogP contribution in [0.2, 0.25) is 10.0 Å². The van der Waals surface area contributed by atoms with E-state index in [4.69, 9.17) is 33.9 Å². The normalized spacial score (nSPS) is 13.3. The number of carbonyl (C=O) groups excluding carboxylic acids is 1. The molecule has 0 saturated heterocycles. The summed E-state index contributed by atoms with van der Waals surface area (Å²) in [6.45, 7) is 5.72. The van der Waals surface area contributed by atoms with Gasteiger partial charge in [-0.1, -0.05) is 37.0 Å². The third-order valence-corrected chi connectivity index (χ3v) is 4.95. The molecular weight excluding hydrogens is 345 g/mol. The zero-order valence-corrected chi connectivity index (χ0v) is 14.2. The molecule has 0 aliphatic carbocycles. The van der Waals surface area contributed by atoms with Gasteiger partial charge in [-0.05, 0) is 25.0 Å². The molecule has 0 spiro atoms. The predicted molar refractivity (Wildman–Crippen MR) is 81.3 cm³/mol. The second kappa shape index (κ2) is 6.52. The lowest BCUT2D eigenvalue weighted by molar-refractivity contribution is 0.0930. The minimum atomic E-state index is -4.08. The Morgan fingerprint density at radius 1 is 1.20 bits per heavy atom. The monoisotopic (exact) mass is 357 g/mol. The highest BCUT2D eigenvalue weighted by atomic mass is 35.7. The molecule has 1 aromatic rings. The summed E-state index contributed by atoms with van der Waals surface area (Å²) in [6, 6.07) is 2.31. The van der Waals surface area contributed by atoms with Crippen molar-refractivity contribution >= 4 is 48.8 Å². The molecule has 0 bridgehead atoms. The number of nitrogens with one attached hydrogen (secondary N) is 1. The highest BCUT2D eigenvalue weighted by Gasteiger charge is 2.23. The first-order valence-electron chi connectivity index (χ1n) is 5.78. The van der Waals surface area contributed by atoms with Crippen LogP contribution in [0.15, 0.2) is 17.0 Å². The second-order valence-electron chi connectivity index (χ2n) is 4.71. The fourth-order valence-corrected chi connectivity index (χ4v) is 3.22. The molecule has 0 saturated carbocycles. The molecule has 20 heavy (non-hydrogen) atoms. The van der Waals surface area contributed by atoms with Gasteiger partial charge in [0.1, 0.15) is 4.90 Å². The molecule has 0 aromatic heterocycles. The smallest absolute Gasteiger partial charge is 0.262 e. The van der Waals surface area contributed by atoms with Crippen molar-refractivity contribution in [2.24, 2.45) is 5.92 Å². The average Bonchev–Trinajstić information content (AvgIpc) is 2.29. The number of halogens is 3. The molecule has 1 atom stereocenters. The molecular formula is C12H14Cl3NO3S. The van der Waals surface area contributed by atoms with E-state index < -0.39 is 15.0 Å². The van der Waals surface area contributed by atoms with E-state index in [1.807, 2.05) is 20.8 Å². The minimum Gasteiger partial charge on any atom is -0.349 e. The number of amides is 1. The Hall–Kier alpha value is -0.490. The minimum absolute atomic E-state index is 0.0223. The Balaban J connectivity index is 3.26. The van der Waals surface area contributed by atoms with Gasteiger partial charge in [-0.15, -0.1) is 0 Å². The van der Waals surface area contributed by atoms with Gasteiger partial charge in [0.15, 0.2) is 0 Å². The van der Waals surface area contributed by atoms with E-state index in [1.54, 1.807) is 0 Å². The van der Waals surface area contributed by atoms with Crippen molar-refractivity contribution in [1.29, 1.82) is 0 Å². The molecule has 0 heterocycles. The van der Waals surface area contributed by atoms with Gasteiger partial charge in [0, 0.05) is 21.7 Å². The van der Waals surface area contributed by atoms with Crippen LogP contribution in [0.1, 0.15) is 31.1 Å². The van der Waals surface area contributed by atoms with Crippen molar-refractivity contribution in [1.82, 2.24) is 5.32 Å². The number of carbonyl (C=O) groups is 1. The Morgan fingerprint density at radius 3 is 2.20 bits per heavy atom. The fraction of sp³-hybridized carbons (Fsp3) is 0.417. The molecule has 0 aliphatic rings. The van der Waals surface area contributed by atoms with Gasteiger partial charge in [-0.3, -0.25) is 4.79 Å². The van der Waals surface area contributed by atoms with Crippen LogP contribution in [-0.4, -0.2) is 20.4 Å². The van der Waals surface area contributed by atoms with Crippen LogP contribution < -0.4 is 5.32 Å². The van der Waals surface area contributed by atoms with Gasteiger partial charge in [0.05, 0.1) is 10.6 Å². The molecule has 8 heteroatoms. The van der Waals surface area contributed by atoms with Crippen molar-refractivity contribution in [2.45, 2.75) is 31.7 Å². The second-order valence-corrected chi connectivity index (χ2v) is 8.06. The van der Waals surface area contributed by atoms with Crippen LogP contribution in [0.4, 0.5) is 0 Å².